The van der Waals surface area contributed by atoms with E-state index in [1.54, 1.807) is 6.92 Å². The van der Waals surface area contributed by atoms with Gasteiger partial charge in [-0.25, -0.2) is 4.72 Å². The van der Waals surface area contributed by atoms with E-state index in [0.717, 1.165) is 12.8 Å². The van der Waals surface area contributed by atoms with Crippen LogP contribution < -0.4 is 4.72 Å². The summed E-state index contributed by atoms with van der Waals surface area (Å²) in [7, 11) is -2.09. The summed E-state index contributed by atoms with van der Waals surface area (Å²) in [6.45, 7) is 1.61. The highest BCUT2D eigenvalue weighted by Crippen LogP contribution is 2.26. The van der Waals surface area contributed by atoms with Gasteiger partial charge in [0.25, 0.3) is 0 Å². The third-order valence-corrected chi connectivity index (χ3v) is 3.55. The second kappa shape index (κ2) is 3.63. The van der Waals surface area contributed by atoms with E-state index in [1.807, 2.05) is 4.72 Å². The molecule has 0 atom stereocenters. The van der Waals surface area contributed by atoms with Gasteiger partial charge < -0.3 is 0 Å². The first-order valence-corrected chi connectivity index (χ1v) is 5.70. The summed E-state index contributed by atoms with van der Waals surface area (Å²) in [6, 6.07) is 0.0853. The van der Waals surface area contributed by atoms with Gasteiger partial charge in [0.15, 0.2) is 0 Å². The maximum absolute atomic E-state index is 11.4. The van der Waals surface area contributed by atoms with Crippen molar-refractivity contribution < 1.29 is 13.2 Å². The molecule has 5 nitrogen and oxygen atoms in total. The normalized spacial score (nSPS) is 17.5. The lowest BCUT2D eigenvalue weighted by Gasteiger charge is -2.16. The number of carbonyl (C=O) groups excluding carboxylic acids is 1. The van der Waals surface area contributed by atoms with Gasteiger partial charge in [-0.3, -0.25) is 4.79 Å². The number of nitrogens with zero attached hydrogens (tertiary/aromatic N) is 1. The maximum atomic E-state index is 11.4. The lowest BCUT2D eigenvalue weighted by atomic mass is 10.5. The smallest absolute Gasteiger partial charge is 0.274 e. The summed E-state index contributed by atoms with van der Waals surface area (Å²) in [5.74, 6) is -0.465. The highest BCUT2D eigenvalue weighted by atomic mass is 32.2. The molecule has 6 heteroatoms. The third kappa shape index (κ3) is 2.67. The summed E-state index contributed by atoms with van der Waals surface area (Å²) in [5, 5.41) is 0. The molecule has 1 rings (SSSR count). The Balaban J connectivity index is 2.59. The van der Waals surface area contributed by atoms with Crippen molar-refractivity contribution in [2.24, 2.45) is 0 Å². The van der Waals surface area contributed by atoms with Crippen LogP contribution in [0.1, 0.15) is 26.2 Å². The van der Waals surface area contributed by atoms with Gasteiger partial charge in [0.2, 0.25) is 5.91 Å². The molecule has 1 amide bonds. The molecule has 1 aliphatic carbocycles. The number of hydrogen-bond acceptors (Lipinski definition) is 3. The highest BCUT2D eigenvalue weighted by Gasteiger charge is 2.34. The van der Waals surface area contributed by atoms with Gasteiger partial charge in [0.05, 0.1) is 0 Å². The summed E-state index contributed by atoms with van der Waals surface area (Å²) < 4.78 is 26.0. The van der Waals surface area contributed by atoms with Crippen molar-refractivity contribution >= 4 is 16.1 Å². The fraction of sp³-hybridized carbons (Fsp3) is 0.857. The first-order valence-electron chi connectivity index (χ1n) is 4.26. The van der Waals surface area contributed by atoms with Gasteiger partial charge in [0.1, 0.15) is 0 Å². The van der Waals surface area contributed by atoms with Gasteiger partial charge in [-0.1, -0.05) is 6.92 Å². The Morgan fingerprint density at radius 2 is 2.08 bits per heavy atom. The molecule has 0 aromatic carbocycles. The minimum atomic E-state index is -3.57. The van der Waals surface area contributed by atoms with Crippen LogP contribution in [0.5, 0.6) is 0 Å². The highest BCUT2D eigenvalue weighted by molar-refractivity contribution is 7.87. The molecule has 0 unspecified atom stereocenters. The number of amides is 1. The quantitative estimate of drug-likeness (QED) is 0.695. The topological polar surface area (TPSA) is 66.5 Å². The van der Waals surface area contributed by atoms with E-state index in [-0.39, 0.29) is 12.5 Å². The van der Waals surface area contributed by atoms with Crippen LogP contribution >= 0.6 is 0 Å². The second-order valence-electron chi connectivity index (χ2n) is 3.13. The standard InChI is InChI=1S/C7H14N2O3S/c1-3-7(10)8-13(11,12)9(2)6-4-5-6/h6H,3-5H2,1-2H3,(H,8,10). The van der Waals surface area contributed by atoms with Crippen LogP contribution in [0.4, 0.5) is 0 Å². The van der Waals surface area contributed by atoms with E-state index >= 15 is 0 Å². The molecule has 0 spiro atoms. The molecule has 13 heavy (non-hydrogen) atoms. The van der Waals surface area contributed by atoms with Crippen LogP contribution in [0.15, 0.2) is 0 Å². The van der Waals surface area contributed by atoms with Crippen molar-refractivity contribution in [1.29, 1.82) is 0 Å². The molecule has 1 N–H and O–H groups in total. The van der Waals surface area contributed by atoms with Gasteiger partial charge in [-0.2, -0.15) is 12.7 Å². The van der Waals surface area contributed by atoms with Crippen molar-refractivity contribution in [2.75, 3.05) is 7.05 Å². The summed E-state index contributed by atoms with van der Waals surface area (Å²) in [5.41, 5.74) is 0. The number of nitrogens with one attached hydrogen (secondary N) is 1. The SMILES string of the molecule is CCC(=O)NS(=O)(=O)N(C)C1CC1. The molecule has 0 aromatic heterocycles. The minimum absolute atomic E-state index is 0.0853. The lowest BCUT2D eigenvalue weighted by Crippen LogP contribution is -2.42. The van der Waals surface area contributed by atoms with Crippen LogP contribution in [0.3, 0.4) is 0 Å². The Hall–Kier alpha value is -0.620. The molecule has 0 bridgehead atoms. The zero-order chi connectivity index (χ0) is 10.1. The summed E-state index contributed by atoms with van der Waals surface area (Å²) >= 11 is 0. The first-order chi connectivity index (χ1) is 5.97. The average molecular weight is 206 g/mol. The van der Waals surface area contributed by atoms with Crippen molar-refractivity contribution in [3.05, 3.63) is 0 Å². The monoisotopic (exact) mass is 206 g/mol. The molecule has 0 aromatic rings. The zero-order valence-corrected chi connectivity index (χ0v) is 8.60. The molecule has 0 heterocycles. The molecule has 0 saturated heterocycles. The predicted octanol–water partition coefficient (Wildman–Crippen LogP) is -0.148. The fourth-order valence-corrected chi connectivity index (χ4v) is 2.10. The van der Waals surface area contributed by atoms with Crippen molar-refractivity contribution in [2.45, 2.75) is 32.2 Å². The molecule has 0 aliphatic heterocycles. The van der Waals surface area contributed by atoms with Crippen LogP contribution in [-0.4, -0.2) is 31.7 Å². The third-order valence-electron chi connectivity index (χ3n) is 2.00. The van der Waals surface area contributed by atoms with Crippen LogP contribution in [0.25, 0.3) is 0 Å². The van der Waals surface area contributed by atoms with E-state index in [9.17, 15) is 13.2 Å². The van der Waals surface area contributed by atoms with Gasteiger partial charge in [-0.05, 0) is 12.8 Å². The molecular weight excluding hydrogens is 192 g/mol. The van der Waals surface area contributed by atoms with Crippen molar-refractivity contribution in [3.8, 4) is 0 Å². The Kier molecular flexibility index (Phi) is 2.92. The average Bonchev–Trinajstić information content (AvgIpc) is 2.84. The summed E-state index contributed by atoms with van der Waals surface area (Å²) in [4.78, 5) is 10.9. The second-order valence-corrected chi connectivity index (χ2v) is 4.86. The Labute approximate surface area is 78.3 Å². The van der Waals surface area contributed by atoms with E-state index in [1.165, 1.54) is 11.4 Å². The predicted molar refractivity (Wildman–Crippen MR) is 48.1 cm³/mol. The zero-order valence-electron chi connectivity index (χ0n) is 7.78. The van der Waals surface area contributed by atoms with Crippen molar-refractivity contribution in [3.63, 3.8) is 0 Å². The van der Waals surface area contributed by atoms with Crippen molar-refractivity contribution in [1.82, 2.24) is 9.03 Å². The van der Waals surface area contributed by atoms with E-state index < -0.39 is 16.1 Å². The summed E-state index contributed by atoms with van der Waals surface area (Å²) in [6.07, 6.45) is 1.95. The largest absolute Gasteiger partial charge is 0.303 e. The molecule has 1 aliphatic rings. The maximum Gasteiger partial charge on any atom is 0.303 e. The van der Waals surface area contributed by atoms with Crippen LogP contribution in [0, 0.1) is 0 Å². The fourth-order valence-electron chi connectivity index (χ4n) is 0.922. The van der Waals surface area contributed by atoms with E-state index in [4.69, 9.17) is 0 Å². The molecule has 76 valence electrons. The molecule has 0 radical (unpaired) electrons. The van der Waals surface area contributed by atoms with E-state index in [0.29, 0.717) is 0 Å². The van der Waals surface area contributed by atoms with Gasteiger partial charge in [0, 0.05) is 19.5 Å². The number of carbonyl (C=O) groups is 1. The number of rotatable bonds is 4. The molecular formula is C7H14N2O3S. The Bertz CT molecular complexity index is 295. The van der Waals surface area contributed by atoms with Gasteiger partial charge >= 0.3 is 10.2 Å². The Morgan fingerprint density at radius 3 is 2.46 bits per heavy atom. The molecule has 1 fully saturated rings. The van der Waals surface area contributed by atoms with Gasteiger partial charge in [-0.15, -0.1) is 0 Å². The lowest BCUT2D eigenvalue weighted by molar-refractivity contribution is -0.119. The molecule has 1 saturated carbocycles. The first kappa shape index (κ1) is 10.5. The van der Waals surface area contributed by atoms with E-state index in [2.05, 4.69) is 0 Å². The minimum Gasteiger partial charge on any atom is -0.274 e. The Morgan fingerprint density at radius 1 is 1.54 bits per heavy atom. The number of hydrogen-bond donors (Lipinski definition) is 1. The van der Waals surface area contributed by atoms with Crippen LogP contribution in [-0.2, 0) is 15.0 Å². The van der Waals surface area contributed by atoms with Crippen LogP contribution in [0.2, 0.25) is 0 Å².